The van der Waals surface area contributed by atoms with E-state index in [1.807, 2.05) is 37.8 Å². The quantitative estimate of drug-likeness (QED) is 0.356. The first-order valence-electron chi connectivity index (χ1n) is 12.5. The molecule has 0 bridgehead atoms. The number of carboxylic acid groups (broad SMARTS) is 1. The Morgan fingerprint density at radius 3 is 2.79 bits per heavy atom. The normalized spacial score (nSPS) is 13.7. The van der Waals surface area contributed by atoms with E-state index >= 15 is 0 Å². The largest absolute Gasteiger partial charge is 0.490 e. The highest BCUT2D eigenvalue weighted by atomic mass is 16.5. The third-order valence-corrected chi connectivity index (χ3v) is 6.61. The number of methoxy groups -OCH3 is 1. The second-order valence-electron chi connectivity index (χ2n) is 10.3. The number of nitrogens with zero attached hydrogens (tertiary/aromatic N) is 4. The Morgan fingerprint density at radius 1 is 1.26 bits per heavy atom. The topological polar surface area (TPSA) is 134 Å². The fourth-order valence-corrected chi connectivity index (χ4v) is 4.45. The molecule has 3 aromatic rings. The molecule has 1 aromatic heterocycles. The maximum absolute atomic E-state index is 11.6. The van der Waals surface area contributed by atoms with Gasteiger partial charge in [0.1, 0.15) is 18.4 Å². The molecule has 0 radical (unpaired) electrons. The molecule has 0 saturated heterocycles. The predicted octanol–water partition coefficient (Wildman–Crippen LogP) is 4.16. The Balaban J connectivity index is 1.43. The summed E-state index contributed by atoms with van der Waals surface area (Å²) in [6, 6.07) is 13.5. The van der Waals surface area contributed by atoms with Gasteiger partial charge >= 0.3 is 5.97 Å². The molecule has 10 heteroatoms. The van der Waals surface area contributed by atoms with Crippen molar-refractivity contribution in [2.75, 3.05) is 38.3 Å². The van der Waals surface area contributed by atoms with Gasteiger partial charge in [0.25, 0.3) is 11.8 Å². The zero-order valence-corrected chi connectivity index (χ0v) is 22.2. The molecule has 0 spiro atoms. The van der Waals surface area contributed by atoms with Crippen LogP contribution < -0.4 is 15.0 Å². The maximum Gasteiger partial charge on any atom is 0.308 e. The first-order chi connectivity index (χ1) is 18.2. The molecule has 0 fully saturated rings. The van der Waals surface area contributed by atoms with Gasteiger partial charge in [-0.15, -0.1) is 0 Å². The number of fused-ring (bicyclic) bond motifs is 1. The van der Waals surface area contributed by atoms with Crippen LogP contribution in [-0.2, 0) is 22.5 Å². The predicted molar refractivity (Wildman–Crippen MR) is 141 cm³/mol. The van der Waals surface area contributed by atoms with E-state index in [0.717, 1.165) is 17.7 Å². The molecule has 2 heterocycles. The van der Waals surface area contributed by atoms with Gasteiger partial charge in [0.15, 0.2) is 0 Å². The fourth-order valence-electron chi connectivity index (χ4n) is 4.45. The number of nitrogens with one attached hydrogen (secondary N) is 1. The number of benzene rings is 2. The van der Waals surface area contributed by atoms with Crippen LogP contribution >= 0.6 is 0 Å². The number of ether oxygens (including phenoxy) is 2. The lowest BCUT2D eigenvalue weighted by atomic mass is 9.80. The monoisotopic (exact) mass is 519 g/mol. The highest BCUT2D eigenvalue weighted by Crippen LogP contribution is 2.35. The molecule has 0 amide bonds. The molecular weight excluding hydrogens is 486 g/mol. The molecule has 2 aromatic carbocycles. The Bertz CT molecular complexity index is 1320. The molecule has 1 unspecified atom stereocenters. The van der Waals surface area contributed by atoms with Crippen molar-refractivity contribution in [3.63, 3.8) is 0 Å². The summed E-state index contributed by atoms with van der Waals surface area (Å²) >= 11 is 0. The third kappa shape index (κ3) is 6.13. The number of carboxylic acids is 1. The average Bonchev–Trinajstić information content (AvgIpc) is 3.53. The number of rotatable bonds is 11. The van der Waals surface area contributed by atoms with Gasteiger partial charge in [0.2, 0.25) is 0 Å². The zero-order valence-electron chi connectivity index (χ0n) is 22.2. The van der Waals surface area contributed by atoms with Crippen LogP contribution in [0.4, 0.5) is 11.6 Å². The summed E-state index contributed by atoms with van der Waals surface area (Å²) in [5.41, 5.74) is 3.97. The van der Waals surface area contributed by atoms with E-state index in [2.05, 4.69) is 27.6 Å². The molecule has 10 nitrogen and oxygen atoms in total. The van der Waals surface area contributed by atoms with Gasteiger partial charge < -0.3 is 29.3 Å². The minimum atomic E-state index is -0.788. The van der Waals surface area contributed by atoms with E-state index in [0.29, 0.717) is 61.6 Å². The molecule has 38 heavy (non-hydrogen) atoms. The van der Waals surface area contributed by atoms with Gasteiger partial charge in [0, 0.05) is 38.0 Å². The van der Waals surface area contributed by atoms with Gasteiger partial charge in [-0.05, 0) is 52.4 Å². The molecular formula is C28H33N5O5. The molecule has 0 aliphatic carbocycles. The van der Waals surface area contributed by atoms with Crippen molar-refractivity contribution in [2.45, 2.75) is 33.7 Å². The number of aromatic nitrogens is 2. The van der Waals surface area contributed by atoms with Gasteiger partial charge in [-0.2, -0.15) is 10.2 Å². The molecule has 1 aliphatic heterocycles. The number of carbonyl (C=O) groups is 1. The van der Waals surface area contributed by atoms with E-state index in [9.17, 15) is 15.2 Å². The van der Waals surface area contributed by atoms with Gasteiger partial charge in [0.05, 0.1) is 18.1 Å². The van der Waals surface area contributed by atoms with Crippen molar-refractivity contribution in [3.8, 4) is 23.3 Å². The van der Waals surface area contributed by atoms with Gasteiger partial charge in [-0.1, -0.05) is 32.9 Å². The summed E-state index contributed by atoms with van der Waals surface area (Å²) in [4.78, 5) is 18.2. The second-order valence-corrected chi connectivity index (χ2v) is 10.3. The summed E-state index contributed by atoms with van der Waals surface area (Å²) < 4.78 is 16.1. The van der Waals surface area contributed by atoms with Crippen LogP contribution in [0.3, 0.4) is 0 Å². The van der Waals surface area contributed by atoms with Crippen LogP contribution in [0.1, 0.15) is 37.5 Å². The number of anilines is 2. The first-order valence-corrected chi connectivity index (χ1v) is 12.5. The summed E-state index contributed by atoms with van der Waals surface area (Å²) in [5.74, 6) is -0.00415. The van der Waals surface area contributed by atoms with Crippen LogP contribution in [-0.4, -0.2) is 54.6 Å². The van der Waals surface area contributed by atoms with E-state index in [-0.39, 0.29) is 5.41 Å². The Hall–Kier alpha value is -3.94. The van der Waals surface area contributed by atoms with Crippen molar-refractivity contribution in [2.24, 2.45) is 11.3 Å². The highest BCUT2D eigenvalue weighted by Gasteiger charge is 2.31. The summed E-state index contributed by atoms with van der Waals surface area (Å²) in [7, 11) is 1.59. The van der Waals surface area contributed by atoms with E-state index in [1.54, 1.807) is 25.3 Å². The van der Waals surface area contributed by atoms with Gasteiger partial charge in [-0.25, -0.2) is 0 Å². The SMILES string of the molecule is COCCOc1ccc(-c2nc(N3CCc4cc(CNCC(C(=O)O)C(C)(C)C)ccc43)no2)cc1C#N. The minimum Gasteiger partial charge on any atom is -0.490 e. The van der Waals surface area contributed by atoms with E-state index in [4.69, 9.17) is 14.0 Å². The average molecular weight is 520 g/mol. The van der Waals surface area contributed by atoms with E-state index < -0.39 is 11.9 Å². The standard InChI is InChI=1S/C28H33N5O5/c1-28(2,3)22(26(34)35)17-30-16-18-5-7-23-19(13-18)9-10-33(23)27-31-25(38-32-27)20-6-8-24(21(14-20)15-29)37-12-11-36-4/h5-8,13-14,22,30H,9-12,16-17H2,1-4H3,(H,34,35). The fraction of sp³-hybridized carbons (Fsp3) is 0.429. The summed E-state index contributed by atoms with van der Waals surface area (Å²) in [5, 5.41) is 26.5. The molecule has 1 aliphatic rings. The van der Waals surface area contributed by atoms with Crippen molar-refractivity contribution in [3.05, 3.63) is 53.1 Å². The number of nitriles is 1. The van der Waals surface area contributed by atoms with Crippen molar-refractivity contribution < 1.29 is 23.9 Å². The Kier molecular flexibility index (Phi) is 8.29. The highest BCUT2D eigenvalue weighted by molar-refractivity contribution is 5.71. The Morgan fingerprint density at radius 2 is 2.08 bits per heavy atom. The summed E-state index contributed by atoms with van der Waals surface area (Å²) in [6.07, 6.45) is 0.832. The molecule has 2 N–H and O–H groups in total. The van der Waals surface area contributed by atoms with E-state index in [1.165, 1.54) is 5.56 Å². The summed E-state index contributed by atoms with van der Waals surface area (Å²) in [6.45, 7) is 8.31. The van der Waals surface area contributed by atoms with Crippen LogP contribution in [0.25, 0.3) is 11.5 Å². The molecule has 0 saturated carbocycles. The maximum atomic E-state index is 11.6. The number of hydrogen-bond acceptors (Lipinski definition) is 9. The van der Waals surface area contributed by atoms with Gasteiger partial charge in [-0.3, -0.25) is 4.79 Å². The molecule has 200 valence electrons. The minimum absolute atomic E-state index is 0.320. The Labute approximate surface area is 222 Å². The smallest absolute Gasteiger partial charge is 0.308 e. The number of aliphatic carboxylic acids is 1. The molecule has 4 rings (SSSR count). The lowest BCUT2D eigenvalue weighted by Gasteiger charge is -2.27. The zero-order chi connectivity index (χ0) is 27.3. The van der Waals surface area contributed by atoms with Crippen LogP contribution in [0.5, 0.6) is 5.75 Å². The lowest BCUT2D eigenvalue weighted by Crippen LogP contribution is -2.37. The van der Waals surface area contributed by atoms with Crippen molar-refractivity contribution in [1.29, 1.82) is 5.26 Å². The van der Waals surface area contributed by atoms with Crippen LogP contribution in [0.2, 0.25) is 0 Å². The number of hydrogen-bond donors (Lipinski definition) is 2. The first kappa shape index (κ1) is 27.1. The second kappa shape index (κ2) is 11.6. The van der Waals surface area contributed by atoms with Crippen LogP contribution in [0.15, 0.2) is 40.9 Å². The third-order valence-electron chi connectivity index (χ3n) is 6.61. The van der Waals surface area contributed by atoms with Crippen molar-refractivity contribution >= 4 is 17.6 Å². The lowest BCUT2D eigenvalue weighted by molar-refractivity contribution is -0.145. The van der Waals surface area contributed by atoms with Crippen LogP contribution in [0, 0.1) is 22.7 Å². The van der Waals surface area contributed by atoms with Crippen molar-refractivity contribution in [1.82, 2.24) is 15.5 Å². The molecule has 1 atom stereocenters.